The van der Waals surface area contributed by atoms with E-state index in [2.05, 4.69) is 10.3 Å². The van der Waals surface area contributed by atoms with Crippen molar-refractivity contribution in [1.29, 1.82) is 0 Å². The first kappa shape index (κ1) is 17.9. The minimum Gasteiger partial charge on any atom is -0.352 e. The SMILES string of the molecule is O=C(CCC(=O)c1cccc(Cl)c1)NCc1cc2ccccc2[nH]c1=O. The number of pyridine rings is 1. The van der Waals surface area contributed by atoms with E-state index in [4.69, 9.17) is 11.6 Å². The third kappa shape index (κ3) is 4.37. The maximum absolute atomic E-state index is 12.1. The summed E-state index contributed by atoms with van der Waals surface area (Å²) in [4.78, 5) is 38.9. The van der Waals surface area contributed by atoms with Crippen LogP contribution in [-0.4, -0.2) is 16.7 Å². The van der Waals surface area contributed by atoms with Gasteiger partial charge in [0.25, 0.3) is 5.56 Å². The molecule has 2 aromatic carbocycles. The minimum atomic E-state index is -0.284. The summed E-state index contributed by atoms with van der Waals surface area (Å²) in [6, 6.07) is 15.8. The van der Waals surface area contributed by atoms with Crippen molar-refractivity contribution in [1.82, 2.24) is 10.3 Å². The van der Waals surface area contributed by atoms with E-state index in [9.17, 15) is 14.4 Å². The number of fused-ring (bicyclic) bond motifs is 1. The number of hydrogen-bond donors (Lipinski definition) is 2. The summed E-state index contributed by atoms with van der Waals surface area (Å²) in [5, 5.41) is 4.06. The number of rotatable bonds is 6. The highest BCUT2D eigenvalue weighted by Crippen LogP contribution is 2.13. The molecule has 0 aliphatic rings. The average Bonchev–Trinajstić information content (AvgIpc) is 2.64. The van der Waals surface area contributed by atoms with Crippen LogP contribution >= 0.6 is 11.6 Å². The molecule has 0 bridgehead atoms. The van der Waals surface area contributed by atoms with Crippen LogP contribution in [0.5, 0.6) is 0 Å². The summed E-state index contributed by atoms with van der Waals surface area (Å²) < 4.78 is 0. The van der Waals surface area contributed by atoms with Crippen LogP contribution in [-0.2, 0) is 11.3 Å². The highest BCUT2D eigenvalue weighted by molar-refractivity contribution is 6.31. The number of Topliss-reactive ketones (excluding diaryl/α,β-unsaturated/α-hetero) is 1. The largest absolute Gasteiger partial charge is 0.352 e. The normalized spacial score (nSPS) is 10.7. The van der Waals surface area contributed by atoms with E-state index >= 15 is 0 Å². The molecule has 0 aliphatic carbocycles. The molecule has 0 radical (unpaired) electrons. The molecule has 26 heavy (non-hydrogen) atoms. The molecule has 6 heteroatoms. The van der Waals surface area contributed by atoms with Crippen LogP contribution in [0.25, 0.3) is 10.9 Å². The molecule has 1 heterocycles. The number of H-pyrrole nitrogens is 1. The maximum atomic E-state index is 12.1. The lowest BCUT2D eigenvalue weighted by Gasteiger charge is -2.06. The molecule has 3 aromatic rings. The molecule has 0 fully saturated rings. The van der Waals surface area contributed by atoms with E-state index in [1.165, 1.54) is 0 Å². The number of hydrogen-bond acceptors (Lipinski definition) is 3. The maximum Gasteiger partial charge on any atom is 0.253 e. The lowest BCUT2D eigenvalue weighted by Crippen LogP contribution is -2.27. The summed E-state index contributed by atoms with van der Waals surface area (Å²) in [5.74, 6) is -0.431. The first-order valence-corrected chi connectivity index (χ1v) is 8.57. The Morgan fingerprint density at radius 1 is 1.00 bits per heavy atom. The van der Waals surface area contributed by atoms with Crippen LogP contribution in [0.15, 0.2) is 59.4 Å². The standard InChI is InChI=1S/C20H17ClN2O3/c21-16-6-3-5-14(11-16)18(24)8-9-19(25)22-12-15-10-13-4-1-2-7-17(13)23-20(15)26/h1-7,10-11H,8-9,12H2,(H,22,25)(H,23,26). The molecular formula is C20H17ClN2O3. The van der Waals surface area contributed by atoms with Crippen molar-refractivity contribution in [3.05, 3.63) is 81.1 Å². The fourth-order valence-electron chi connectivity index (χ4n) is 2.64. The van der Waals surface area contributed by atoms with Gasteiger partial charge in [0.1, 0.15) is 0 Å². The quantitative estimate of drug-likeness (QED) is 0.654. The van der Waals surface area contributed by atoms with Crippen molar-refractivity contribution in [2.45, 2.75) is 19.4 Å². The van der Waals surface area contributed by atoms with Gasteiger partial charge in [0.15, 0.2) is 5.78 Å². The number of amides is 1. The number of ketones is 1. The number of para-hydroxylation sites is 1. The van der Waals surface area contributed by atoms with Gasteiger partial charge in [-0.05, 0) is 29.7 Å². The molecule has 3 rings (SSSR count). The van der Waals surface area contributed by atoms with E-state index in [0.717, 1.165) is 10.9 Å². The molecule has 0 aliphatic heterocycles. The van der Waals surface area contributed by atoms with Crippen molar-refractivity contribution in [3.63, 3.8) is 0 Å². The minimum absolute atomic E-state index is 0.0524. The molecule has 2 N–H and O–H groups in total. The summed E-state index contributed by atoms with van der Waals surface area (Å²) in [5.41, 5.74) is 1.47. The highest BCUT2D eigenvalue weighted by Gasteiger charge is 2.10. The molecule has 0 spiro atoms. The van der Waals surface area contributed by atoms with Crippen LogP contribution in [0.2, 0.25) is 5.02 Å². The average molecular weight is 369 g/mol. The molecule has 0 atom stereocenters. The molecule has 1 aromatic heterocycles. The summed E-state index contributed by atoms with van der Waals surface area (Å²) in [7, 11) is 0. The van der Waals surface area contributed by atoms with Gasteiger partial charge >= 0.3 is 0 Å². The number of aromatic nitrogens is 1. The zero-order valence-electron chi connectivity index (χ0n) is 13.9. The second-order valence-corrected chi connectivity index (χ2v) is 6.36. The van der Waals surface area contributed by atoms with Gasteiger partial charge in [-0.15, -0.1) is 0 Å². The molecule has 0 saturated heterocycles. The van der Waals surface area contributed by atoms with Gasteiger partial charge in [0.05, 0.1) is 0 Å². The number of aromatic amines is 1. The van der Waals surface area contributed by atoms with Crippen LogP contribution in [0.1, 0.15) is 28.8 Å². The predicted molar refractivity (Wildman–Crippen MR) is 101 cm³/mol. The van der Waals surface area contributed by atoms with Crippen molar-refractivity contribution in [2.75, 3.05) is 0 Å². The fraction of sp³-hybridized carbons (Fsp3) is 0.150. The lowest BCUT2D eigenvalue weighted by atomic mass is 10.1. The first-order chi connectivity index (χ1) is 12.5. The molecule has 0 unspecified atom stereocenters. The number of halogens is 1. The van der Waals surface area contributed by atoms with Gasteiger partial charge in [0.2, 0.25) is 5.91 Å². The molecule has 1 amide bonds. The molecule has 132 valence electrons. The monoisotopic (exact) mass is 368 g/mol. The Hall–Kier alpha value is -2.92. The fourth-order valence-corrected chi connectivity index (χ4v) is 2.83. The van der Waals surface area contributed by atoms with Crippen molar-refractivity contribution in [3.8, 4) is 0 Å². The summed E-state index contributed by atoms with van der Waals surface area (Å²) >= 11 is 5.86. The van der Waals surface area contributed by atoms with Crippen LogP contribution in [0, 0.1) is 0 Å². The molecular weight excluding hydrogens is 352 g/mol. The van der Waals surface area contributed by atoms with Gasteiger partial charge in [-0.25, -0.2) is 0 Å². The van der Waals surface area contributed by atoms with Gasteiger partial charge in [-0.1, -0.05) is 41.9 Å². The number of benzene rings is 2. The third-order valence-corrected chi connectivity index (χ3v) is 4.27. The lowest BCUT2D eigenvalue weighted by molar-refractivity contribution is -0.121. The number of carbonyl (C=O) groups excluding carboxylic acids is 2. The third-order valence-electron chi connectivity index (χ3n) is 4.03. The van der Waals surface area contributed by atoms with Crippen LogP contribution in [0.3, 0.4) is 0 Å². The summed E-state index contributed by atoms with van der Waals surface area (Å²) in [6.07, 6.45) is 0.136. The molecule has 0 saturated carbocycles. The summed E-state index contributed by atoms with van der Waals surface area (Å²) in [6.45, 7) is 0.115. The van der Waals surface area contributed by atoms with Gasteiger partial charge in [0, 0.05) is 41.1 Å². The topological polar surface area (TPSA) is 79.0 Å². The number of carbonyl (C=O) groups is 2. The highest BCUT2D eigenvalue weighted by atomic mass is 35.5. The van der Waals surface area contributed by atoms with Crippen molar-refractivity contribution >= 4 is 34.2 Å². The smallest absolute Gasteiger partial charge is 0.253 e. The zero-order valence-corrected chi connectivity index (χ0v) is 14.7. The molecule has 5 nitrogen and oxygen atoms in total. The Balaban J connectivity index is 1.57. The van der Waals surface area contributed by atoms with E-state index in [0.29, 0.717) is 16.1 Å². The Bertz CT molecular complexity index is 1030. The number of nitrogens with one attached hydrogen (secondary N) is 2. The second-order valence-electron chi connectivity index (χ2n) is 5.92. The van der Waals surface area contributed by atoms with Gasteiger partial charge in [-0.2, -0.15) is 0 Å². The first-order valence-electron chi connectivity index (χ1n) is 8.19. The Morgan fingerprint density at radius 2 is 1.81 bits per heavy atom. The van der Waals surface area contributed by atoms with E-state index in [1.54, 1.807) is 30.3 Å². The van der Waals surface area contributed by atoms with Gasteiger partial charge in [-0.3, -0.25) is 14.4 Å². The van der Waals surface area contributed by atoms with E-state index in [1.807, 2.05) is 24.3 Å². The zero-order chi connectivity index (χ0) is 18.5. The predicted octanol–water partition coefficient (Wildman–Crippen LogP) is 3.46. The van der Waals surface area contributed by atoms with Gasteiger partial charge < -0.3 is 10.3 Å². The van der Waals surface area contributed by atoms with Crippen LogP contribution in [0.4, 0.5) is 0 Å². The van der Waals surface area contributed by atoms with E-state index in [-0.39, 0.29) is 36.6 Å². The van der Waals surface area contributed by atoms with Crippen molar-refractivity contribution < 1.29 is 9.59 Å². The Kier molecular flexibility index (Phi) is 5.49. The van der Waals surface area contributed by atoms with Crippen molar-refractivity contribution in [2.24, 2.45) is 0 Å². The Labute approximate surface area is 155 Å². The van der Waals surface area contributed by atoms with Crippen LogP contribution < -0.4 is 10.9 Å². The Morgan fingerprint density at radius 3 is 2.62 bits per heavy atom. The van der Waals surface area contributed by atoms with E-state index < -0.39 is 0 Å². The second kappa shape index (κ2) is 7.97.